The molecular weight excluding hydrogens is 351 g/mol. The van der Waals surface area contributed by atoms with Gasteiger partial charge in [-0.2, -0.15) is 13.2 Å². The fraction of sp³-hybridized carbons (Fsp3) is 0.714. The molecule has 2 fully saturated rings. The molecule has 1 saturated carbocycles. The summed E-state index contributed by atoms with van der Waals surface area (Å²) in [6.45, 7) is 3.74. The molecule has 1 aromatic rings. The van der Waals surface area contributed by atoms with E-state index < -0.39 is 11.7 Å². The Hall–Kier alpha value is -1.43. The van der Waals surface area contributed by atoms with Crippen LogP contribution in [0.1, 0.15) is 62.5 Å². The molecule has 2 N–H and O–H groups in total. The Bertz CT molecular complexity index is 682. The minimum Gasteiger partial charge on any atom is -0.382 e. The average Bonchev–Trinajstić information content (AvgIpc) is 2.94. The van der Waals surface area contributed by atoms with Crippen molar-refractivity contribution in [2.45, 2.75) is 69.6 Å². The van der Waals surface area contributed by atoms with E-state index in [-0.39, 0.29) is 18.0 Å². The number of alkyl halides is 3. The predicted molar refractivity (Wildman–Crippen MR) is 104 cm³/mol. The van der Waals surface area contributed by atoms with Crippen LogP contribution < -0.4 is 15.5 Å². The van der Waals surface area contributed by atoms with Crippen molar-refractivity contribution in [2.24, 2.45) is 5.92 Å². The van der Waals surface area contributed by atoms with Crippen molar-refractivity contribution in [2.75, 3.05) is 30.4 Å². The first kappa shape index (κ1) is 18.9. The number of halogens is 3. The van der Waals surface area contributed by atoms with Gasteiger partial charge in [-0.25, -0.2) is 0 Å². The van der Waals surface area contributed by atoms with Gasteiger partial charge in [-0.15, -0.1) is 0 Å². The van der Waals surface area contributed by atoms with Crippen molar-refractivity contribution < 1.29 is 13.2 Å². The molecule has 2 heterocycles. The van der Waals surface area contributed by atoms with Gasteiger partial charge in [-0.1, -0.05) is 19.3 Å². The second-order valence-corrected chi connectivity index (χ2v) is 8.57. The highest BCUT2D eigenvalue weighted by atomic mass is 19.4. The third-order valence-electron chi connectivity index (χ3n) is 6.89. The fourth-order valence-corrected chi connectivity index (χ4v) is 5.44. The maximum Gasteiger partial charge on any atom is 0.418 e. The molecule has 3 aliphatic rings. The van der Waals surface area contributed by atoms with E-state index in [0.29, 0.717) is 17.3 Å². The Kier molecular flexibility index (Phi) is 5.04. The zero-order chi connectivity index (χ0) is 19.2. The normalized spacial score (nSPS) is 27.2. The van der Waals surface area contributed by atoms with E-state index >= 15 is 0 Å². The molecular formula is C21H30F3N3. The van der Waals surface area contributed by atoms with Crippen LogP contribution >= 0.6 is 0 Å². The summed E-state index contributed by atoms with van der Waals surface area (Å²) in [6, 6.07) is 3.68. The third kappa shape index (κ3) is 3.53. The number of hydrogen-bond acceptors (Lipinski definition) is 3. The number of likely N-dealkylation sites (N-methyl/N-ethyl adjacent to an activating group) is 1. The van der Waals surface area contributed by atoms with E-state index in [0.717, 1.165) is 25.1 Å². The minimum atomic E-state index is -4.34. The van der Waals surface area contributed by atoms with Gasteiger partial charge >= 0.3 is 6.18 Å². The van der Waals surface area contributed by atoms with Gasteiger partial charge in [-0.3, -0.25) is 0 Å². The minimum absolute atomic E-state index is 0.131. The highest BCUT2D eigenvalue weighted by Gasteiger charge is 2.45. The fourth-order valence-electron chi connectivity index (χ4n) is 5.44. The van der Waals surface area contributed by atoms with Gasteiger partial charge in [0.05, 0.1) is 11.3 Å². The average molecular weight is 381 g/mol. The smallest absolute Gasteiger partial charge is 0.382 e. The number of benzene rings is 1. The number of rotatable bonds is 3. The molecule has 3 atom stereocenters. The Labute approximate surface area is 159 Å². The summed E-state index contributed by atoms with van der Waals surface area (Å²) in [6.07, 6.45) is 2.62. The largest absolute Gasteiger partial charge is 0.418 e. The lowest BCUT2D eigenvalue weighted by atomic mass is 9.84. The summed E-state index contributed by atoms with van der Waals surface area (Å²) in [5, 5.41) is 6.78. The van der Waals surface area contributed by atoms with Gasteiger partial charge in [0.1, 0.15) is 0 Å². The summed E-state index contributed by atoms with van der Waals surface area (Å²) in [5.41, 5.74) is 1.37. The van der Waals surface area contributed by atoms with Crippen molar-refractivity contribution in [1.29, 1.82) is 0 Å². The SMILES string of the molecule is C[C@H](Nc1cc2c(c(C(F)(F)F)c1)N(C)[C@H]1CCNCC21)C1CCCCC1. The zero-order valence-electron chi connectivity index (χ0n) is 16.2. The third-order valence-corrected chi connectivity index (χ3v) is 6.89. The van der Waals surface area contributed by atoms with Gasteiger partial charge in [0.15, 0.2) is 0 Å². The number of piperidine rings is 1. The number of anilines is 2. The second kappa shape index (κ2) is 7.19. The molecule has 27 heavy (non-hydrogen) atoms. The molecule has 0 aromatic heterocycles. The number of hydrogen-bond donors (Lipinski definition) is 2. The molecule has 0 bridgehead atoms. The number of nitrogens with one attached hydrogen (secondary N) is 2. The Morgan fingerprint density at radius 3 is 2.59 bits per heavy atom. The van der Waals surface area contributed by atoms with E-state index in [4.69, 9.17) is 0 Å². The van der Waals surface area contributed by atoms with Crippen LogP contribution in [0.25, 0.3) is 0 Å². The molecule has 150 valence electrons. The molecule has 0 spiro atoms. The number of fused-ring (bicyclic) bond motifs is 3. The van der Waals surface area contributed by atoms with Crippen molar-refractivity contribution >= 4 is 11.4 Å². The maximum atomic E-state index is 13.9. The molecule has 0 amide bonds. The highest BCUT2D eigenvalue weighted by molar-refractivity contribution is 5.72. The summed E-state index contributed by atoms with van der Waals surface area (Å²) < 4.78 is 41.7. The molecule has 4 rings (SSSR count). The molecule has 6 heteroatoms. The van der Waals surface area contributed by atoms with Crippen LogP contribution in [0.5, 0.6) is 0 Å². The van der Waals surface area contributed by atoms with Crippen LogP contribution in [-0.2, 0) is 6.18 Å². The summed E-state index contributed by atoms with van der Waals surface area (Å²) in [5.74, 6) is 0.680. The van der Waals surface area contributed by atoms with Gasteiger partial charge in [0.2, 0.25) is 0 Å². The zero-order valence-corrected chi connectivity index (χ0v) is 16.2. The van der Waals surface area contributed by atoms with Gasteiger partial charge in [0, 0.05) is 37.3 Å². The second-order valence-electron chi connectivity index (χ2n) is 8.57. The monoisotopic (exact) mass is 381 g/mol. The van der Waals surface area contributed by atoms with Gasteiger partial charge in [0.25, 0.3) is 0 Å². The van der Waals surface area contributed by atoms with E-state index in [1.54, 1.807) is 0 Å². The lowest BCUT2D eigenvalue weighted by Crippen LogP contribution is -2.42. The van der Waals surface area contributed by atoms with E-state index in [1.807, 2.05) is 18.0 Å². The van der Waals surface area contributed by atoms with Crippen LogP contribution in [-0.4, -0.2) is 32.2 Å². The summed E-state index contributed by atoms with van der Waals surface area (Å²) in [4.78, 5) is 1.87. The summed E-state index contributed by atoms with van der Waals surface area (Å²) >= 11 is 0. The lowest BCUT2D eigenvalue weighted by molar-refractivity contribution is -0.137. The van der Waals surface area contributed by atoms with Crippen LogP contribution in [0.3, 0.4) is 0 Å². The molecule has 3 nitrogen and oxygen atoms in total. The predicted octanol–water partition coefficient (Wildman–Crippen LogP) is 4.98. The van der Waals surface area contributed by atoms with Crippen molar-refractivity contribution in [3.8, 4) is 0 Å². The first-order chi connectivity index (χ1) is 12.9. The van der Waals surface area contributed by atoms with E-state index in [9.17, 15) is 13.2 Å². The van der Waals surface area contributed by atoms with Gasteiger partial charge in [-0.05, 0) is 56.3 Å². The molecule has 0 radical (unpaired) electrons. The molecule has 1 aromatic carbocycles. The first-order valence-electron chi connectivity index (χ1n) is 10.3. The van der Waals surface area contributed by atoms with E-state index in [1.165, 1.54) is 38.2 Å². The van der Waals surface area contributed by atoms with Crippen molar-refractivity contribution in [3.05, 3.63) is 23.3 Å². The maximum absolute atomic E-state index is 13.9. The van der Waals surface area contributed by atoms with Crippen molar-refractivity contribution in [3.63, 3.8) is 0 Å². The first-order valence-corrected chi connectivity index (χ1v) is 10.3. The molecule has 2 aliphatic heterocycles. The molecule has 1 aliphatic carbocycles. The van der Waals surface area contributed by atoms with Crippen LogP contribution in [0, 0.1) is 5.92 Å². The topological polar surface area (TPSA) is 27.3 Å². The van der Waals surface area contributed by atoms with Crippen LogP contribution in [0.4, 0.5) is 24.5 Å². The lowest BCUT2D eigenvalue weighted by Gasteiger charge is -2.31. The Morgan fingerprint density at radius 1 is 1.15 bits per heavy atom. The quantitative estimate of drug-likeness (QED) is 0.773. The Morgan fingerprint density at radius 2 is 1.89 bits per heavy atom. The Balaban J connectivity index is 1.68. The number of nitrogens with zero attached hydrogens (tertiary/aromatic N) is 1. The van der Waals surface area contributed by atoms with Crippen LogP contribution in [0.2, 0.25) is 0 Å². The molecule has 1 saturated heterocycles. The van der Waals surface area contributed by atoms with Crippen LogP contribution in [0.15, 0.2) is 12.1 Å². The van der Waals surface area contributed by atoms with E-state index in [2.05, 4.69) is 17.6 Å². The highest BCUT2D eigenvalue weighted by Crippen LogP contribution is 2.50. The summed E-state index contributed by atoms with van der Waals surface area (Å²) in [7, 11) is 1.82. The standard InChI is InChI=1S/C21H30F3N3/c1-13(14-6-4-3-5-7-14)26-15-10-16-17-12-25-9-8-19(17)27(2)20(16)18(11-15)21(22,23)24/h10-11,13-14,17,19,25-26H,3-9,12H2,1-2H3/t13-,17?,19-/m0/s1. The van der Waals surface area contributed by atoms with Gasteiger partial charge < -0.3 is 15.5 Å². The molecule has 1 unspecified atom stereocenters. The van der Waals surface area contributed by atoms with Crippen molar-refractivity contribution in [1.82, 2.24) is 5.32 Å².